The normalized spacial score (nSPS) is 11.4. The second kappa shape index (κ2) is 9.55. The van der Waals surface area contributed by atoms with E-state index in [0.717, 1.165) is 16.7 Å². The zero-order valence-electron chi connectivity index (χ0n) is 16.4. The molecule has 0 radical (unpaired) electrons. The molecular formula is C24H23NO4. The highest BCUT2D eigenvalue weighted by molar-refractivity contribution is 5.98. The van der Waals surface area contributed by atoms with Gasteiger partial charge in [-0.25, -0.2) is 4.79 Å². The smallest absolute Gasteiger partial charge is 0.344 e. The number of esters is 1. The highest BCUT2D eigenvalue weighted by atomic mass is 16.6. The number of nitrogens with one attached hydrogen (secondary N) is 1. The Morgan fingerprint density at radius 2 is 1.55 bits per heavy atom. The largest absolute Gasteiger partial charge is 0.482 e. The predicted molar refractivity (Wildman–Crippen MR) is 113 cm³/mol. The third kappa shape index (κ3) is 5.45. The Morgan fingerprint density at radius 1 is 0.897 bits per heavy atom. The van der Waals surface area contributed by atoms with Crippen molar-refractivity contribution in [1.29, 1.82) is 0 Å². The summed E-state index contributed by atoms with van der Waals surface area (Å²) in [5, 5.41) is 2.84. The van der Waals surface area contributed by atoms with Crippen molar-refractivity contribution in [2.75, 3.05) is 11.9 Å². The molecule has 0 aliphatic rings. The molecule has 0 aliphatic carbocycles. The molecule has 5 nitrogen and oxygen atoms in total. The standard InChI is InChI=1S/C24H23NO4/c1-17-10-6-9-15-22(17)28-16-23(26)29-18(2)24(27)25-21-14-8-7-13-20(21)19-11-4-3-5-12-19/h3-15,18H,16H2,1-2H3,(H,25,27)/t18-/m0/s1. The van der Waals surface area contributed by atoms with E-state index >= 15 is 0 Å². The van der Waals surface area contributed by atoms with Gasteiger partial charge in [-0.3, -0.25) is 4.79 Å². The molecule has 29 heavy (non-hydrogen) atoms. The number of anilines is 1. The molecule has 0 aliphatic heterocycles. The van der Waals surface area contributed by atoms with E-state index in [-0.39, 0.29) is 6.61 Å². The minimum absolute atomic E-state index is 0.261. The second-order valence-electron chi connectivity index (χ2n) is 6.59. The summed E-state index contributed by atoms with van der Waals surface area (Å²) in [6.07, 6.45) is -0.952. The summed E-state index contributed by atoms with van der Waals surface area (Å²) in [6.45, 7) is 3.16. The number of carbonyl (C=O) groups is 2. The summed E-state index contributed by atoms with van der Waals surface area (Å²) in [5.74, 6) is -0.400. The maximum atomic E-state index is 12.5. The number of para-hydroxylation sites is 2. The van der Waals surface area contributed by atoms with Crippen molar-refractivity contribution in [3.63, 3.8) is 0 Å². The molecule has 0 saturated carbocycles. The van der Waals surface area contributed by atoms with Gasteiger partial charge in [0.25, 0.3) is 5.91 Å². The minimum atomic E-state index is -0.952. The van der Waals surface area contributed by atoms with Gasteiger partial charge in [0.1, 0.15) is 5.75 Å². The number of rotatable bonds is 7. The summed E-state index contributed by atoms with van der Waals surface area (Å²) < 4.78 is 10.7. The van der Waals surface area contributed by atoms with E-state index in [0.29, 0.717) is 11.4 Å². The average molecular weight is 389 g/mol. The summed E-state index contributed by atoms with van der Waals surface area (Å²) in [5.41, 5.74) is 3.45. The van der Waals surface area contributed by atoms with Gasteiger partial charge in [-0.1, -0.05) is 66.7 Å². The Morgan fingerprint density at radius 3 is 2.31 bits per heavy atom. The van der Waals surface area contributed by atoms with Crippen LogP contribution in [-0.2, 0) is 14.3 Å². The van der Waals surface area contributed by atoms with Crippen LogP contribution in [0, 0.1) is 6.92 Å². The van der Waals surface area contributed by atoms with Crippen LogP contribution in [0.2, 0.25) is 0 Å². The molecule has 0 spiro atoms. The van der Waals surface area contributed by atoms with Crippen molar-refractivity contribution in [3.05, 3.63) is 84.4 Å². The molecule has 3 aromatic rings. The van der Waals surface area contributed by atoms with Crippen molar-refractivity contribution < 1.29 is 19.1 Å². The lowest BCUT2D eigenvalue weighted by Crippen LogP contribution is -2.31. The first-order valence-electron chi connectivity index (χ1n) is 9.38. The van der Waals surface area contributed by atoms with Gasteiger partial charge in [0.05, 0.1) is 0 Å². The van der Waals surface area contributed by atoms with Crippen molar-refractivity contribution in [1.82, 2.24) is 0 Å². The number of hydrogen-bond donors (Lipinski definition) is 1. The zero-order chi connectivity index (χ0) is 20.6. The Bertz CT molecular complexity index is 985. The highest BCUT2D eigenvalue weighted by Crippen LogP contribution is 2.27. The molecule has 3 aromatic carbocycles. The van der Waals surface area contributed by atoms with Crippen molar-refractivity contribution in [2.45, 2.75) is 20.0 Å². The SMILES string of the molecule is Cc1ccccc1OCC(=O)O[C@@H](C)C(=O)Nc1ccccc1-c1ccccc1. The first-order chi connectivity index (χ1) is 14.0. The Balaban J connectivity index is 1.59. The number of carbonyl (C=O) groups excluding carboxylic acids is 2. The number of amides is 1. The predicted octanol–water partition coefficient (Wildman–Crippen LogP) is 4.61. The molecule has 148 valence electrons. The number of ether oxygens (including phenoxy) is 2. The fourth-order valence-corrected chi connectivity index (χ4v) is 2.84. The monoisotopic (exact) mass is 389 g/mol. The molecular weight excluding hydrogens is 366 g/mol. The minimum Gasteiger partial charge on any atom is -0.482 e. The quantitative estimate of drug-likeness (QED) is 0.599. The fraction of sp³-hybridized carbons (Fsp3) is 0.167. The Hall–Kier alpha value is -3.60. The van der Waals surface area contributed by atoms with Crippen LogP contribution in [0.5, 0.6) is 5.75 Å². The molecule has 1 N–H and O–H groups in total. The van der Waals surface area contributed by atoms with Crippen LogP contribution in [0.3, 0.4) is 0 Å². The van der Waals surface area contributed by atoms with Crippen LogP contribution in [0.4, 0.5) is 5.69 Å². The lowest BCUT2D eigenvalue weighted by atomic mass is 10.0. The van der Waals surface area contributed by atoms with Crippen LogP contribution in [0.15, 0.2) is 78.9 Å². The molecule has 0 heterocycles. The first-order valence-corrected chi connectivity index (χ1v) is 9.38. The maximum Gasteiger partial charge on any atom is 0.344 e. The fourth-order valence-electron chi connectivity index (χ4n) is 2.84. The molecule has 0 fully saturated rings. The lowest BCUT2D eigenvalue weighted by molar-refractivity contribution is -0.155. The summed E-state index contributed by atoms with van der Waals surface area (Å²) >= 11 is 0. The van der Waals surface area contributed by atoms with Gasteiger partial charge in [-0.05, 0) is 37.1 Å². The van der Waals surface area contributed by atoms with Crippen molar-refractivity contribution in [3.8, 4) is 16.9 Å². The van der Waals surface area contributed by atoms with Crippen LogP contribution < -0.4 is 10.1 Å². The topological polar surface area (TPSA) is 64.6 Å². The lowest BCUT2D eigenvalue weighted by Gasteiger charge is -2.16. The average Bonchev–Trinajstić information content (AvgIpc) is 2.74. The van der Waals surface area contributed by atoms with Crippen LogP contribution >= 0.6 is 0 Å². The van der Waals surface area contributed by atoms with E-state index in [1.165, 1.54) is 6.92 Å². The number of benzene rings is 3. The summed E-state index contributed by atoms with van der Waals surface area (Å²) in [4.78, 5) is 24.6. The van der Waals surface area contributed by atoms with Crippen molar-refractivity contribution in [2.24, 2.45) is 0 Å². The molecule has 0 saturated heterocycles. The van der Waals surface area contributed by atoms with E-state index < -0.39 is 18.0 Å². The molecule has 0 bridgehead atoms. The summed E-state index contributed by atoms with van der Waals surface area (Å²) in [7, 11) is 0. The Kier molecular flexibility index (Phi) is 6.63. The van der Waals surface area contributed by atoms with E-state index in [9.17, 15) is 9.59 Å². The third-order valence-electron chi connectivity index (χ3n) is 4.39. The van der Waals surface area contributed by atoms with Gasteiger partial charge in [-0.15, -0.1) is 0 Å². The molecule has 0 unspecified atom stereocenters. The van der Waals surface area contributed by atoms with Gasteiger partial charge in [0, 0.05) is 11.3 Å². The zero-order valence-corrected chi connectivity index (χ0v) is 16.4. The van der Waals surface area contributed by atoms with Crippen LogP contribution in [0.1, 0.15) is 12.5 Å². The van der Waals surface area contributed by atoms with Crippen LogP contribution in [-0.4, -0.2) is 24.6 Å². The molecule has 1 amide bonds. The molecule has 1 atom stereocenters. The van der Waals surface area contributed by atoms with Gasteiger partial charge in [0.15, 0.2) is 12.7 Å². The molecule has 5 heteroatoms. The molecule has 3 rings (SSSR count). The third-order valence-corrected chi connectivity index (χ3v) is 4.39. The van der Waals surface area contributed by atoms with Gasteiger partial charge < -0.3 is 14.8 Å². The number of hydrogen-bond acceptors (Lipinski definition) is 4. The van der Waals surface area contributed by atoms with E-state index in [2.05, 4.69) is 5.32 Å². The second-order valence-corrected chi connectivity index (χ2v) is 6.59. The van der Waals surface area contributed by atoms with Gasteiger partial charge in [-0.2, -0.15) is 0 Å². The van der Waals surface area contributed by atoms with E-state index in [1.54, 1.807) is 6.07 Å². The Labute approximate surface area is 170 Å². The summed E-state index contributed by atoms with van der Waals surface area (Å²) in [6, 6.07) is 24.6. The van der Waals surface area contributed by atoms with Gasteiger partial charge in [0.2, 0.25) is 0 Å². The van der Waals surface area contributed by atoms with E-state index in [4.69, 9.17) is 9.47 Å². The highest BCUT2D eigenvalue weighted by Gasteiger charge is 2.19. The van der Waals surface area contributed by atoms with Crippen molar-refractivity contribution >= 4 is 17.6 Å². The van der Waals surface area contributed by atoms with Crippen LogP contribution in [0.25, 0.3) is 11.1 Å². The van der Waals surface area contributed by atoms with Gasteiger partial charge >= 0.3 is 5.97 Å². The number of aryl methyl sites for hydroxylation is 1. The first kappa shape index (κ1) is 20.1. The maximum absolute atomic E-state index is 12.5. The van der Waals surface area contributed by atoms with E-state index in [1.807, 2.05) is 79.7 Å². The molecule has 0 aromatic heterocycles.